The zero-order valence-corrected chi connectivity index (χ0v) is 11.9. The fourth-order valence-electron chi connectivity index (χ4n) is 1.15. The average Bonchev–Trinajstić information content (AvgIpc) is 2.31. The van der Waals surface area contributed by atoms with Crippen LogP contribution in [0.1, 0.15) is 39.5 Å². The molecule has 1 aromatic rings. The lowest BCUT2D eigenvalue weighted by Crippen LogP contribution is -2.02. The molecule has 0 atom stereocenters. The van der Waals surface area contributed by atoms with Gasteiger partial charge in [0.15, 0.2) is 5.16 Å². The van der Waals surface area contributed by atoms with Gasteiger partial charge in [0.1, 0.15) is 0 Å². The molecule has 96 valence electrons. The molecule has 0 unspecified atom stereocenters. The highest BCUT2D eigenvalue weighted by atomic mass is 35.5. The molecule has 0 aliphatic carbocycles. The normalized spacial score (nSPS) is 10.5. The van der Waals surface area contributed by atoms with Gasteiger partial charge in [0.25, 0.3) is 0 Å². The molecule has 0 aliphatic heterocycles. The van der Waals surface area contributed by atoms with Crippen molar-refractivity contribution in [3.63, 3.8) is 0 Å². The predicted octanol–water partition coefficient (Wildman–Crippen LogP) is 3.60. The number of nitrogens with zero attached hydrogens (tertiary/aromatic N) is 3. The van der Waals surface area contributed by atoms with Gasteiger partial charge in [-0.05, 0) is 24.4 Å². The Morgan fingerprint density at radius 1 is 1.12 bits per heavy atom. The summed E-state index contributed by atoms with van der Waals surface area (Å²) < 4.78 is 5.34. The van der Waals surface area contributed by atoms with Crippen molar-refractivity contribution < 1.29 is 4.74 Å². The van der Waals surface area contributed by atoms with Gasteiger partial charge < -0.3 is 4.74 Å². The van der Waals surface area contributed by atoms with Gasteiger partial charge in [-0.1, -0.05) is 38.5 Å². The fourth-order valence-corrected chi connectivity index (χ4v) is 2.18. The van der Waals surface area contributed by atoms with Gasteiger partial charge in [0.2, 0.25) is 5.28 Å². The fraction of sp³-hybridized carbons (Fsp3) is 0.727. The maximum Gasteiger partial charge on any atom is 0.321 e. The molecular weight excluding hydrogens is 258 g/mol. The van der Waals surface area contributed by atoms with Crippen LogP contribution >= 0.6 is 23.4 Å². The first-order valence-corrected chi connectivity index (χ1v) is 7.29. The number of hydrogen-bond donors (Lipinski definition) is 0. The van der Waals surface area contributed by atoms with Gasteiger partial charge >= 0.3 is 6.01 Å². The van der Waals surface area contributed by atoms with E-state index in [4.69, 9.17) is 16.3 Å². The minimum Gasteiger partial charge on any atom is -0.463 e. The third-order valence-electron chi connectivity index (χ3n) is 1.98. The van der Waals surface area contributed by atoms with Crippen LogP contribution in [0.4, 0.5) is 0 Å². The minimum atomic E-state index is 0.198. The molecular formula is C11H18ClN3OS. The van der Waals surface area contributed by atoms with Gasteiger partial charge in [-0.15, -0.1) is 0 Å². The molecule has 0 radical (unpaired) electrons. The first kappa shape index (κ1) is 14.5. The molecule has 0 N–H and O–H groups in total. The molecule has 0 spiro atoms. The zero-order chi connectivity index (χ0) is 12.5. The van der Waals surface area contributed by atoms with Crippen LogP contribution in [0.3, 0.4) is 0 Å². The van der Waals surface area contributed by atoms with E-state index in [1.807, 2.05) is 6.92 Å². The SMILES string of the molecule is CCCCCSc1nc(Cl)nc(OCCC)n1. The highest BCUT2D eigenvalue weighted by Crippen LogP contribution is 2.19. The molecule has 0 amide bonds. The summed E-state index contributed by atoms with van der Waals surface area (Å²) >= 11 is 7.41. The lowest BCUT2D eigenvalue weighted by molar-refractivity contribution is 0.288. The Hall–Kier alpha value is -0.550. The van der Waals surface area contributed by atoms with Crippen molar-refractivity contribution in [3.8, 4) is 6.01 Å². The largest absolute Gasteiger partial charge is 0.463 e. The van der Waals surface area contributed by atoms with E-state index in [0.29, 0.717) is 17.8 Å². The molecule has 1 rings (SSSR count). The van der Waals surface area contributed by atoms with E-state index >= 15 is 0 Å². The summed E-state index contributed by atoms with van der Waals surface area (Å²) in [6.45, 7) is 4.81. The molecule has 1 aromatic heterocycles. The number of halogens is 1. The summed E-state index contributed by atoms with van der Waals surface area (Å²) in [7, 11) is 0. The maximum absolute atomic E-state index is 5.81. The van der Waals surface area contributed by atoms with Crippen LogP contribution in [0.5, 0.6) is 6.01 Å². The Morgan fingerprint density at radius 3 is 2.65 bits per heavy atom. The summed E-state index contributed by atoms with van der Waals surface area (Å²) in [5, 5.41) is 0.844. The number of thioether (sulfide) groups is 1. The average molecular weight is 276 g/mol. The standard InChI is InChI=1S/C11H18ClN3OS/c1-3-5-6-8-17-11-14-9(12)13-10(15-11)16-7-4-2/h3-8H2,1-2H3. The van der Waals surface area contributed by atoms with Crippen LogP contribution in [-0.2, 0) is 0 Å². The van der Waals surface area contributed by atoms with Crippen molar-refractivity contribution >= 4 is 23.4 Å². The highest BCUT2D eigenvalue weighted by Gasteiger charge is 2.06. The van der Waals surface area contributed by atoms with E-state index in [9.17, 15) is 0 Å². The van der Waals surface area contributed by atoms with Gasteiger partial charge in [-0.3, -0.25) is 0 Å². The summed E-state index contributed by atoms with van der Waals surface area (Å²) in [6, 6.07) is 0.324. The summed E-state index contributed by atoms with van der Waals surface area (Å²) in [6.07, 6.45) is 4.52. The van der Waals surface area contributed by atoms with E-state index < -0.39 is 0 Å². The van der Waals surface area contributed by atoms with E-state index in [2.05, 4.69) is 21.9 Å². The predicted molar refractivity (Wildman–Crippen MR) is 70.9 cm³/mol. The Morgan fingerprint density at radius 2 is 1.94 bits per heavy atom. The van der Waals surface area contributed by atoms with Gasteiger partial charge in [0, 0.05) is 5.75 Å². The number of rotatable bonds is 8. The second-order valence-corrected chi connectivity index (χ2v) is 4.97. The van der Waals surface area contributed by atoms with E-state index in [1.54, 1.807) is 11.8 Å². The topological polar surface area (TPSA) is 47.9 Å². The molecule has 0 aromatic carbocycles. The Kier molecular flexibility index (Phi) is 7.28. The first-order chi connectivity index (χ1) is 8.26. The maximum atomic E-state index is 5.81. The van der Waals surface area contributed by atoms with Crippen LogP contribution in [-0.4, -0.2) is 27.3 Å². The molecule has 0 saturated heterocycles. The van der Waals surface area contributed by atoms with Crippen molar-refractivity contribution in [2.75, 3.05) is 12.4 Å². The molecule has 0 aliphatic rings. The summed E-state index contributed by atoms with van der Waals surface area (Å²) in [4.78, 5) is 12.2. The zero-order valence-electron chi connectivity index (χ0n) is 10.3. The quantitative estimate of drug-likeness (QED) is 0.536. The van der Waals surface area contributed by atoms with Crippen LogP contribution in [0.25, 0.3) is 0 Å². The molecule has 0 bridgehead atoms. The number of ether oxygens (including phenoxy) is 1. The van der Waals surface area contributed by atoms with Crippen molar-refractivity contribution in [1.82, 2.24) is 15.0 Å². The number of unbranched alkanes of at least 4 members (excludes halogenated alkanes) is 2. The molecule has 0 fully saturated rings. The van der Waals surface area contributed by atoms with Crippen molar-refractivity contribution in [2.45, 2.75) is 44.7 Å². The van der Waals surface area contributed by atoms with Gasteiger partial charge in [-0.2, -0.15) is 15.0 Å². The second kappa shape index (κ2) is 8.53. The second-order valence-electron chi connectivity index (χ2n) is 3.57. The highest BCUT2D eigenvalue weighted by molar-refractivity contribution is 7.99. The van der Waals surface area contributed by atoms with E-state index in [-0.39, 0.29) is 5.28 Å². The smallest absolute Gasteiger partial charge is 0.321 e. The van der Waals surface area contributed by atoms with Gasteiger partial charge in [0.05, 0.1) is 6.61 Å². The van der Waals surface area contributed by atoms with Crippen molar-refractivity contribution in [1.29, 1.82) is 0 Å². The lowest BCUT2D eigenvalue weighted by atomic mass is 10.3. The Bertz CT molecular complexity index is 338. The first-order valence-electron chi connectivity index (χ1n) is 5.93. The third-order valence-corrected chi connectivity index (χ3v) is 3.08. The van der Waals surface area contributed by atoms with Gasteiger partial charge in [-0.25, -0.2) is 0 Å². The number of hydrogen-bond acceptors (Lipinski definition) is 5. The van der Waals surface area contributed by atoms with Crippen molar-refractivity contribution in [3.05, 3.63) is 5.28 Å². The van der Waals surface area contributed by atoms with Crippen LogP contribution in [0, 0.1) is 0 Å². The third kappa shape index (κ3) is 6.07. The van der Waals surface area contributed by atoms with E-state index in [0.717, 1.165) is 18.6 Å². The minimum absolute atomic E-state index is 0.198. The molecule has 6 heteroatoms. The van der Waals surface area contributed by atoms with Crippen molar-refractivity contribution in [2.24, 2.45) is 0 Å². The van der Waals surface area contributed by atoms with Crippen LogP contribution < -0.4 is 4.74 Å². The molecule has 17 heavy (non-hydrogen) atoms. The van der Waals surface area contributed by atoms with Crippen LogP contribution in [0.15, 0.2) is 5.16 Å². The molecule has 4 nitrogen and oxygen atoms in total. The van der Waals surface area contributed by atoms with E-state index in [1.165, 1.54) is 12.8 Å². The number of aromatic nitrogens is 3. The monoisotopic (exact) mass is 275 g/mol. The van der Waals surface area contributed by atoms with Crippen LogP contribution in [0.2, 0.25) is 5.28 Å². The Labute approximate surface area is 112 Å². The molecule has 1 heterocycles. The summed E-state index contributed by atoms with van der Waals surface area (Å²) in [5.41, 5.74) is 0. The molecule has 0 saturated carbocycles. The Balaban J connectivity index is 2.50. The summed E-state index contributed by atoms with van der Waals surface area (Å²) in [5.74, 6) is 1.00. The lowest BCUT2D eigenvalue weighted by Gasteiger charge is -2.04.